The number of rotatable bonds is 7. The summed E-state index contributed by atoms with van der Waals surface area (Å²) in [6, 6.07) is 13.2. The Morgan fingerprint density at radius 1 is 1.16 bits per heavy atom. The van der Waals surface area contributed by atoms with Gasteiger partial charge in [-0.1, -0.05) is 37.3 Å². The Kier molecular flexibility index (Phi) is 6.08. The van der Waals surface area contributed by atoms with Crippen LogP contribution in [0.15, 0.2) is 59.8 Å². The van der Waals surface area contributed by atoms with E-state index in [1.807, 2.05) is 37.3 Å². The van der Waals surface area contributed by atoms with E-state index in [-0.39, 0.29) is 11.5 Å². The Morgan fingerprint density at radius 3 is 2.74 bits per heavy atom. The Hall–Kier alpha value is -3.52. The average Bonchev–Trinajstić information content (AvgIpc) is 3.13. The predicted molar refractivity (Wildman–Crippen MR) is 122 cm³/mol. The molecule has 31 heavy (non-hydrogen) atoms. The number of ether oxygens (including phenoxy) is 1. The molecule has 0 unspecified atom stereocenters. The van der Waals surface area contributed by atoms with Crippen molar-refractivity contribution in [1.29, 1.82) is 0 Å². The highest BCUT2D eigenvalue weighted by atomic mass is 32.1. The third kappa shape index (κ3) is 4.34. The first-order valence-electron chi connectivity index (χ1n) is 10.00. The summed E-state index contributed by atoms with van der Waals surface area (Å²) >= 11 is 1.20. The molecule has 4 aromatic rings. The van der Waals surface area contributed by atoms with Crippen LogP contribution in [0.5, 0.6) is 5.75 Å². The number of fused-ring (bicyclic) bond motifs is 1. The fraction of sp³-hybridized carbons (Fsp3) is 0.217. The van der Waals surface area contributed by atoms with Gasteiger partial charge in [0.15, 0.2) is 11.6 Å². The first-order chi connectivity index (χ1) is 15.1. The number of carbonyl (C=O) groups excluding carboxylic acids is 1. The molecule has 1 aromatic carbocycles. The highest BCUT2D eigenvalue weighted by Crippen LogP contribution is 2.29. The van der Waals surface area contributed by atoms with Gasteiger partial charge in [-0.3, -0.25) is 14.2 Å². The molecule has 0 aliphatic carbocycles. The maximum atomic E-state index is 13.1. The molecule has 0 saturated carbocycles. The summed E-state index contributed by atoms with van der Waals surface area (Å²) in [5.74, 6) is 0.529. The topological polar surface area (TPSA) is 86.1 Å². The minimum Gasteiger partial charge on any atom is -0.490 e. The van der Waals surface area contributed by atoms with Crippen molar-refractivity contribution in [3.8, 4) is 5.75 Å². The van der Waals surface area contributed by atoms with Crippen molar-refractivity contribution >= 4 is 33.3 Å². The van der Waals surface area contributed by atoms with Crippen LogP contribution >= 0.6 is 11.3 Å². The summed E-state index contributed by atoms with van der Waals surface area (Å²) < 4.78 is 7.23. The van der Waals surface area contributed by atoms with Crippen LogP contribution in [0.2, 0.25) is 0 Å². The van der Waals surface area contributed by atoms with Crippen LogP contribution in [-0.4, -0.2) is 27.0 Å². The van der Waals surface area contributed by atoms with Crippen LogP contribution in [0.3, 0.4) is 0 Å². The lowest BCUT2D eigenvalue weighted by Gasteiger charge is -2.10. The van der Waals surface area contributed by atoms with Gasteiger partial charge in [0.25, 0.3) is 11.5 Å². The maximum absolute atomic E-state index is 13.1. The summed E-state index contributed by atoms with van der Waals surface area (Å²) in [7, 11) is 0. The molecule has 0 radical (unpaired) electrons. The van der Waals surface area contributed by atoms with Crippen LogP contribution < -0.4 is 15.6 Å². The van der Waals surface area contributed by atoms with Crippen molar-refractivity contribution in [2.24, 2.45) is 0 Å². The summed E-state index contributed by atoms with van der Waals surface area (Å²) in [5.41, 5.74) is 1.46. The Morgan fingerprint density at radius 2 is 1.97 bits per heavy atom. The minimum atomic E-state index is -0.338. The van der Waals surface area contributed by atoms with Crippen molar-refractivity contribution in [2.75, 3.05) is 11.9 Å². The van der Waals surface area contributed by atoms with Gasteiger partial charge in [-0.15, -0.1) is 11.3 Å². The molecule has 4 rings (SSSR count). The number of carbonyl (C=O) groups is 1. The van der Waals surface area contributed by atoms with Crippen molar-refractivity contribution in [1.82, 2.24) is 14.5 Å². The number of nitrogens with zero attached hydrogens (tertiary/aromatic N) is 3. The molecule has 158 valence electrons. The van der Waals surface area contributed by atoms with E-state index in [1.54, 1.807) is 29.8 Å². The number of anilines is 1. The molecule has 3 aromatic heterocycles. The van der Waals surface area contributed by atoms with E-state index in [0.29, 0.717) is 45.4 Å². The second-order valence-corrected chi connectivity index (χ2v) is 8.05. The van der Waals surface area contributed by atoms with Crippen molar-refractivity contribution < 1.29 is 9.53 Å². The molecule has 1 amide bonds. The van der Waals surface area contributed by atoms with E-state index in [4.69, 9.17) is 4.74 Å². The minimum absolute atomic E-state index is 0.161. The molecule has 8 heteroatoms. The predicted octanol–water partition coefficient (Wildman–Crippen LogP) is 4.25. The summed E-state index contributed by atoms with van der Waals surface area (Å²) in [5, 5.41) is 3.28. The molecule has 0 aliphatic rings. The molecule has 0 atom stereocenters. The quantitative estimate of drug-likeness (QED) is 0.470. The Labute approximate surface area is 183 Å². The van der Waals surface area contributed by atoms with Gasteiger partial charge in [0, 0.05) is 6.20 Å². The molecule has 0 aliphatic heterocycles. The fourth-order valence-corrected chi connectivity index (χ4v) is 4.28. The van der Waals surface area contributed by atoms with E-state index in [0.717, 1.165) is 12.0 Å². The molecule has 0 saturated heterocycles. The van der Waals surface area contributed by atoms with Crippen LogP contribution in [0.4, 0.5) is 5.82 Å². The van der Waals surface area contributed by atoms with Gasteiger partial charge in [-0.25, -0.2) is 9.97 Å². The lowest BCUT2D eigenvalue weighted by atomic mass is 10.2. The number of nitrogens with one attached hydrogen (secondary N) is 1. The normalized spacial score (nSPS) is 10.9. The second kappa shape index (κ2) is 9.09. The largest absolute Gasteiger partial charge is 0.490 e. The monoisotopic (exact) mass is 434 g/mol. The maximum Gasteiger partial charge on any atom is 0.267 e. The molecule has 0 bridgehead atoms. The van der Waals surface area contributed by atoms with Crippen molar-refractivity contribution in [2.45, 2.75) is 26.8 Å². The molecule has 1 N–H and O–H groups in total. The summed E-state index contributed by atoms with van der Waals surface area (Å²) in [4.78, 5) is 35.7. The van der Waals surface area contributed by atoms with Crippen LogP contribution in [0.1, 0.15) is 34.1 Å². The van der Waals surface area contributed by atoms with Gasteiger partial charge < -0.3 is 10.1 Å². The number of benzene rings is 1. The highest BCUT2D eigenvalue weighted by Gasteiger charge is 2.21. The van der Waals surface area contributed by atoms with Crippen molar-refractivity contribution in [3.05, 3.63) is 81.3 Å². The molecule has 3 heterocycles. The van der Waals surface area contributed by atoms with E-state index in [9.17, 15) is 9.59 Å². The van der Waals surface area contributed by atoms with Gasteiger partial charge in [0.05, 0.1) is 29.7 Å². The van der Waals surface area contributed by atoms with Gasteiger partial charge in [-0.05, 0) is 36.6 Å². The molecular weight excluding hydrogens is 412 g/mol. The second-order valence-electron chi connectivity index (χ2n) is 7.05. The number of hydrogen-bond acceptors (Lipinski definition) is 6. The first-order valence-corrected chi connectivity index (χ1v) is 10.8. The highest BCUT2D eigenvalue weighted by molar-refractivity contribution is 7.20. The molecular formula is C23H22N4O3S. The van der Waals surface area contributed by atoms with E-state index < -0.39 is 0 Å². The van der Waals surface area contributed by atoms with Gasteiger partial charge >= 0.3 is 0 Å². The smallest absolute Gasteiger partial charge is 0.267 e. The van der Waals surface area contributed by atoms with Crippen LogP contribution in [0, 0.1) is 6.92 Å². The Balaban J connectivity index is 1.65. The zero-order valence-corrected chi connectivity index (χ0v) is 18.1. The Bertz CT molecular complexity index is 1280. The van der Waals surface area contributed by atoms with Gasteiger partial charge in [-0.2, -0.15) is 0 Å². The number of aryl methyl sites for hydroxylation is 1. The number of hydrogen-bond donors (Lipinski definition) is 1. The zero-order chi connectivity index (χ0) is 21.8. The SMILES string of the molecule is CCCOc1cccnc1NC(=O)c1sc2ncn(Cc3ccccc3)c(=O)c2c1C. The number of pyridine rings is 1. The summed E-state index contributed by atoms with van der Waals surface area (Å²) in [6.07, 6.45) is 3.97. The number of thiophene rings is 1. The molecule has 0 fully saturated rings. The standard InChI is InChI=1S/C23H22N4O3S/c1-3-12-30-17-10-7-11-24-20(17)26-21(28)19-15(2)18-22(31-19)25-14-27(23(18)29)13-16-8-5-4-6-9-16/h4-11,14H,3,12-13H2,1-2H3,(H,24,26,28). The molecule has 7 nitrogen and oxygen atoms in total. The van der Waals surface area contributed by atoms with Crippen LogP contribution in [-0.2, 0) is 6.54 Å². The third-order valence-corrected chi connectivity index (χ3v) is 5.98. The van der Waals surface area contributed by atoms with Gasteiger partial charge in [0.1, 0.15) is 4.83 Å². The molecule has 0 spiro atoms. The van der Waals surface area contributed by atoms with Crippen LogP contribution in [0.25, 0.3) is 10.2 Å². The average molecular weight is 435 g/mol. The van der Waals surface area contributed by atoms with Crippen molar-refractivity contribution in [3.63, 3.8) is 0 Å². The first kappa shape index (κ1) is 20.7. The van der Waals surface area contributed by atoms with E-state index in [2.05, 4.69) is 15.3 Å². The lowest BCUT2D eigenvalue weighted by Crippen LogP contribution is -2.21. The number of aromatic nitrogens is 3. The van der Waals surface area contributed by atoms with E-state index in [1.165, 1.54) is 17.7 Å². The van der Waals surface area contributed by atoms with E-state index >= 15 is 0 Å². The van der Waals surface area contributed by atoms with Gasteiger partial charge in [0.2, 0.25) is 0 Å². The lowest BCUT2D eigenvalue weighted by molar-refractivity contribution is 0.102. The summed E-state index contributed by atoms with van der Waals surface area (Å²) in [6.45, 7) is 4.73. The zero-order valence-electron chi connectivity index (χ0n) is 17.3. The fourth-order valence-electron chi connectivity index (χ4n) is 3.25. The third-order valence-electron chi connectivity index (χ3n) is 4.78. The number of amides is 1.